The molecule has 1 amide bonds. The molecule has 0 aliphatic carbocycles. The van der Waals surface area contributed by atoms with Gasteiger partial charge in [0.1, 0.15) is 0 Å². The first kappa shape index (κ1) is 13.3. The molecule has 0 aliphatic heterocycles. The summed E-state index contributed by atoms with van der Waals surface area (Å²) in [5.41, 5.74) is 2.22. The largest absolute Gasteiger partial charge is 0.355 e. The number of aromatic nitrogens is 2. The van der Waals surface area contributed by atoms with Crippen molar-refractivity contribution in [2.45, 2.75) is 13.5 Å². The molecule has 0 aliphatic rings. The summed E-state index contributed by atoms with van der Waals surface area (Å²) in [6.07, 6.45) is 5.42. The second-order valence-electron chi connectivity index (χ2n) is 4.19. The van der Waals surface area contributed by atoms with E-state index in [0.717, 1.165) is 11.3 Å². The van der Waals surface area contributed by atoms with Crippen LogP contribution in [-0.4, -0.2) is 28.5 Å². The first-order valence-corrected chi connectivity index (χ1v) is 6.34. The monoisotopic (exact) mass is 258 g/mol. The summed E-state index contributed by atoms with van der Waals surface area (Å²) in [5.74, 6) is 0.0255. The Morgan fingerprint density at radius 2 is 2.11 bits per heavy atom. The van der Waals surface area contributed by atoms with Gasteiger partial charge < -0.3 is 15.2 Å². The zero-order valence-electron chi connectivity index (χ0n) is 11.0. The van der Waals surface area contributed by atoms with Gasteiger partial charge >= 0.3 is 0 Å². The highest BCUT2D eigenvalue weighted by Crippen LogP contribution is 2.08. The summed E-state index contributed by atoms with van der Waals surface area (Å²) in [7, 11) is 0. The molecule has 5 heteroatoms. The number of nitrogens with one attached hydrogen (secondary N) is 2. The van der Waals surface area contributed by atoms with Gasteiger partial charge in [-0.05, 0) is 24.6 Å². The van der Waals surface area contributed by atoms with Crippen molar-refractivity contribution < 1.29 is 4.79 Å². The lowest BCUT2D eigenvalue weighted by molar-refractivity contribution is -0.120. The summed E-state index contributed by atoms with van der Waals surface area (Å²) in [4.78, 5) is 15.3. The van der Waals surface area contributed by atoms with Crippen LogP contribution >= 0.6 is 0 Å². The number of carbonyl (C=O) groups is 1. The van der Waals surface area contributed by atoms with Gasteiger partial charge in [0.05, 0.1) is 12.9 Å². The van der Waals surface area contributed by atoms with Crippen molar-refractivity contribution in [1.82, 2.24) is 20.2 Å². The Kier molecular flexibility index (Phi) is 4.69. The first-order valence-electron chi connectivity index (χ1n) is 6.34. The van der Waals surface area contributed by atoms with Gasteiger partial charge in [-0.2, -0.15) is 0 Å². The molecule has 0 spiro atoms. The summed E-state index contributed by atoms with van der Waals surface area (Å²) in [6.45, 7) is 3.60. The molecule has 100 valence electrons. The molecule has 0 fully saturated rings. The number of imidazole rings is 1. The number of carbonyl (C=O) groups excluding carboxylic acids is 1. The number of amides is 1. The Morgan fingerprint density at radius 3 is 2.74 bits per heavy atom. The lowest BCUT2D eigenvalue weighted by Crippen LogP contribution is -2.33. The first-order chi connectivity index (χ1) is 9.29. The van der Waals surface area contributed by atoms with Gasteiger partial charge in [-0.15, -0.1) is 0 Å². The zero-order valence-corrected chi connectivity index (χ0v) is 11.0. The van der Waals surface area contributed by atoms with Crippen LogP contribution in [0.3, 0.4) is 0 Å². The van der Waals surface area contributed by atoms with Crippen LogP contribution in [0, 0.1) is 0 Å². The van der Waals surface area contributed by atoms with Crippen molar-refractivity contribution in [3.8, 4) is 5.69 Å². The molecule has 2 aromatic rings. The van der Waals surface area contributed by atoms with Crippen LogP contribution in [0.5, 0.6) is 0 Å². The molecular weight excluding hydrogens is 240 g/mol. The standard InChI is InChI=1S/C14H18N4O/c1-2-17-14(19)10-16-9-12-3-5-13(6-4-12)18-8-7-15-11-18/h3-8,11,16H,2,9-10H2,1H3,(H,17,19). The van der Waals surface area contributed by atoms with Gasteiger partial charge in [0.2, 0.25) is 5.91 Å². The summed E-state index contributed by atoms with van der Waals surface area (Å²) < 4.78 is 1.95. The molecule has 1 heterocycles. The fourth-order valence-corrected chi connectivity index (χ4v) is 1.78. The number of rotatable bonds is 6. The fourth-order valence-electron chi connectivity index (χ4n) is 1.78. The maximum atomic E-state index is 11.3. The van der Waals surface area contributed by atoms with Gasteiger partial charge in [0.25, 0.3) is 0 Å². The lowest BCUT2D eigenvalue weighted by atomic mass is 10.2. The van der Waals surface area contributed by atoms with Crippen LogP contribution in [0.2, 0.25) is 0 Å². The van der Waals surface area contributed by atoms with E-state index in [0.29, 0.717) is 19.6 Å². The normalized spacial score (nSPS) is 10.4. The number of hydrogen-bond donors (Lipinski definition) is 2. The Morgan fingerprint density at radius 1 is 1.32 bits per heavy atom. The number of likely N-dealkylation sites (N-methyl/N-ethyl adjacent to an activating group) is 1. The van der Waals surface area contributed by atoms with E-state index in [2.05, 4.69) is 15.6 Å². The van der Waals surface area contributed by atoms with Gasteiger partial charge in [-0.3, -0.25) is 4.79 Å². The molecule has 2 N–H and O–H groups in total. The maximum Gasteiger partial charge on any atom is 0.233 e. The van der Waals surface area contributed by atoms with E-state index in [1.165, 1.54) is 0 Å². The Bertz CT molecular complexity index is 505. The predicted molar refractivity (Wildman–Crippen MR) is 74.0 cm³/mol. The highest BCUT2D eigenvalue weighted by Gasteiger charge is 1.99. The van der Waals surface area contributed by atoms with Gasteiger partial charge in [0.15, 0.2) is 0 Å². The second-order valence-corrected chi connectivity index (χ2v) is 4.19. The molecule has 1 aromatic carbocycles. The Balaban J connectivity index is 1.84. The smallest absolute Gasteiger partial charge is 0.233 e. The molecule has 0 saturated carbocycles. The average Bonchev–Trinajstić information content (AvgIpc) is 2.94. The number of nitrogens with zero attached hydrogens (tertiary/aromatic N) is 2. The van der Waals surface area contributed by atoms with Gasteiger partial charge in [-0.1, -0.05) is 12.1 Å². The van der Waals surface area contributed by atoms with Crippen molar-refractivity contribution in [2.75, 3.05) is 13.1 Å². The molecule has 0 bridgehead atoms. The van der Waals surface area contributed by atoms with E-state index in [1.54, 1.807) is 12.5 Å². The van der Waals surface area contributed by atoms with E-state index in [1.807, 2.05) is 42.0 Å². The third-order valence-electron chi connectivity index (χ3n) is 2.73. The van der Waals surface area contributed by atoms with Crippen molar-refractivity contribution in [3.63, 3.8) is 0 Å². The highest BCUT2D eigenvalue weighted by atomic mass is 16.1. The van der Waals surface area contributed by atoms with E-state index in [4.69, 9.17) is 0 Å². The maximum absolute atomic E-state index is 11.3. The minimum absolute atomic E-state index is 0.0255. The second kappa shape index (κ2) is 6.70. The third-order valence-corrected chi connectivity index (χ3v) is 2.73. The molecule has 0 saturated heterocycles. The van der Waals surface area contributed by atoms with Gasteiger partial charge in [-0.25, -0.2) is 4.98 Å². The van der Waals surface area contributed by atoms with Crippen LogP contribution in [0.15, 0.2) is 43.0 Å². The highest BCUT2D eigenvalue weighted by molar-refractivity contribution is 5.77. The summed E-state index contributed by atoms with van der Waals surface area (Å²) in [5, 5.41) is 5.86. The quantitative estimate of drug-likeness (QED) is 0.815. The van der Waals surface area contributed by atoms with Crippen molar-refractivity contribution in [2.24, 2.45) is 0 Å². The minimum atomic E-state index is 0.0255. The third kappa shape index (κ3) is 3.93. The van der Waals surface area contributed by atoms with Crippen molar-refractivity contribution in [1.29, 1.82) is 0 Å². The fraction of sp³-hybridized carbons (Fsp3) is 0.286. The van der Waals surface area contributed by atoms with Crippen LogP contribution in [-0.2, 0) is 11.3 Å². The molecule has 0 unspecified atom stereocenters. The Hall–Kier alpha value is -2.14. The molecule has 0 radical (unpaired) electrons. The van der Waals surface area contributed by atoms with Crippen LogP contribution in [0.1, 0.15) is 12.5 Å². The molecule has 19 heavy (non-hydrogen) atoms. The minimum Gasteiger partial charge on any atom is -0.355 e. The molecule has 1 aromatic heterocycles. The lowest BCUT2D eigenvalue weighted by Gasteiger charge is -2.06. The summed E-state index contributed by atoms with van der Waals surface area (Å²) >= 11 is 0. The van der Waals surface area contributed by atoms with E-state index < -0.39 is 0 Å². The SMILES string of the molecule is CCNC(=O)CNCc1ccc(-n2ccnc2)cc1. The van der Waals surface area contributed by atoms with Crippen LogP contribution in [0.4, 0.5) is 0 Å². The molecule has 0 atom stereocenters. The van der Waals surface area contributed by atoms with Crippen LogP contribution in [0.25, 0.3) is 5.69 Å². The van der Waals surface area contributed by atoms with Crippen molar-refractivity contribution >= 4 is 5.91 Å². The summed E-state index contributed by atoms with van der Waals surface area (Å²) in [6, 6.07) is 8.15. The van der Waals surface area contributed by atoms with Crippen LogP contribution < -0.4 is 10.6 Å². The Labute approximate surface area is 112 Å². The van der Waals surface area contributed by atoms with Crippen molar-refractivity contribution in [3.05, 3.63) is 48.5 Å². The average molecular weight is 258 g/mol. The molecular formula is C14H18N4O. The number of hydrogen-bond acceptors (Lipinski definition) is 3. The van der Waals surface area contributed by atoms with E-state index >= 15 is 0 Å². The molecule has 5 nitrogen and oxygen atoms in total. The van der Waals surface area contributed by atoms with E-state index in [-0.39, 0.29) is 5.91 Å². The van der Waals surface area contributed by atoms with E-state index in [9.17, 15) is 4.79 Å². The number of benzene rings is 1. The topological polar surface area (TPSA) is 59.0 Å². The zero-order chi connectivity index (χ0) is 13.5. The predicted octanol–water partition coefficient (Wildman–Crippen LogP) is 1.10. The molecule has 2 rings (SSSR count). The van der Waals surface area contributed by atoms with Gasteiger partial charge in [0, 0.05) is 31.2 Å².